The fourth-order valence-corrected chi connectivity index (χ4v) is 1.35. The summed E-state index contributed by atoms with van der Waals surface area (Å²) in [6.45, 7) is 2.35. The van der Waals surface area contributed by atoms with E-state index in [1.165, 1.54) is 0 Å². The van der Waals surface area contributed by atoms with Gasteiger partial charge in [-0.05, 0) is 15.9 Å². The van der Waals surface area contributed by atoms with Crippen LogP contribution in [0, 0.1) is 0 Å². The molecule has 0 fully saturated rings. The minimum absolute atomic E-state index is 0.194. The van der Waals surface area contributed by atoms with Crippen molar-refractivity contribution in [3.8, 4) is 5.88 Å². The van der Waals surface area contributed by atoms with Gasteiger partial charge in [-0.1, -0.05) is 0 Å². The van der Waals surface area contributed by atoms with Crippen molar-refractivity contribution in [2.75, 3.05) is 39.3 Å². The minimum atomic E-state index is 0.194. The second kappa shape index (κ2) is 8.21. The highest BCUT2D eigenvalue weighted by Gasteiger charge is 2.03. The Kier molecular flexibility index (Phi) is 6.83. The van der Waals surface area contributed by atoms with E-state index in [4.69, 9.17) is 19.9 Å². The molecule has 0 atom stereocenters. The van der Waals surface area contributed by atoms with Crippen molar-refractivity contribution in [1.29, 1.82) is 0 Å². The molecule has 0 saturated heterocycles. The van der Waals surface area contributed by atoms with Crippen molar-refractivity contribution in [2.45, 2.75) is 6.42 Å². The number of halogens is 1. The lowest BCUT2D eigenvalue weighted by Crippen LogP contribution is -2.08. The number of anilines is 1. The largest absolute Gasteiger partial charge is 0.477 e. The predicted octanol–water partition coefficient (Wildman–Crippen LogP) is 1.25. The first-order valence-corrected chi connectivity index (χ1v) is 6.01. The average molecular weight is 306 g/mol. The van der Waals surface area contributed by atoms with Gasteiger partial charge in [-0.2, -0.15) is 4.98 Å². The van der Waals surface area contributed by atoms with Crippen LogP contribution in [-0.4, -0.2) is 43.5 Å². The predicted molar refractivity (Wildman–Crippen MR) is 67.0 cm³/mol. The molecule has 0 bridgehead atoms. The third-order valence-corrected chi connectivity index (χ3v) is 2.38. The number of hydrogen-bond acceptors (Lipinski definition) is 6. The summed E-state index contributed by atoms with van der Waals surface area (Å²) in [6, 6.07) is 0. The summed E-state index contributed by atoms with van der Waals surface area (Å²) in [5.41, 5.74) is 5.45. The molecule has 17 heavy (non-hydrogen) atoms. The molecule has 0 aliphatic heterocycles. The molecule has 1 aromatic rings. The Morgan fingerprint density at radius 2 is 2.12 bits per heavy atom. The molecule has 0 saturated carbocycles. The lowest BCUT2D eigenvalue weighted by molar-refractivity contribution is 0.0641. The molecule has 6 nitrogen and oxygen atoms in total. The maximum Gasteiger partial charge on any atom is 0.232 e. The van der Waals surface area contributed by atoms with Crippen molar-refractivity contribution in [2.24, 2.45) is 0 Å². The minimum Gasteiger partial charge on any atom is -0.477 e. The number of methoxy groups -OCH3 is 1. The van der Waals surface area contributed by atoms with Crippen molar-refractivity contribution in [3.05, 3.63) is 10.7 Å². The summed E-state index contributed by atoms with van der Waals surface area (Å²) in [5, 5.41) is 0. The topological polar surface area (TPSA) is 79.5 Å². The van der Waals surface area contributed by atoms with E-state index in [-0.39, 0.29) is 5.95 Å². The van der Waals surface area contributed by atoms with Crippen LogP contribution >= 0.6 is 15.9 Å². The SMILES string of the molecule is COCCOCCCOc1nc(N)ncc1Br. The van der Waals surface area contributed by atoms with Gasteiger partial charge < -0.3 is 19.9 Å². The summed E-state index contributed by atoms with van der Waals surface area (Å²) in [6.07, 6.45) is 2.34. The number of hydrogen-bond donors (Lipinski definition) is 1. The smallest absolute Gasteiger partial charge is 0.232 e. The van der Waals surface area contributed by atoms with Gasteiger partial charge >= 0.3 is 0 Å². The van der Waals surface area contributed by atoms with E-state index in [1.54, 1.807) is 13.3 Å². The summed E-state index contributed by atoms with van der Waals surface area (Å²) in [4.78, 5) is 7.78. The Bertz CT molecular complexity index is 339. The summed E-state index contributed by atoms with van der Waals surface area (Å²) < 4.78 is 16.3. The first-order chi connectivity index (χ1) is 8.24. The third-order valence-electron chi connectivity index (χ3n) is 1.83. The quantitative estimate of drug-likeness (QED) is 0.728. The molecule has 96 valence electrons. The number of nitrogen functional groups attached to an aromatic ring is 1. The number of aromatic nitrogens is 2. The van der Waals surface area contributed by atoms with Gasteiger partial charge in [0.05, 0.1) is 30.5 Å². The van der Waals surface area contributed by atoms with Crippen molar-refractivity contribution < 1.29 is 14.2 Å². The maximum absolute atomic E-state index is 5.45. The average Bonchev–Trinajstić information content (AvgIpc) is 2.32. The van der Waals surface area contributed by atoms with Crippen LogP contribution in [0.2, 0.25) is 0 Å². The van der Waals surface area contributed by atoms with Crippen molar-refractivity contribution in [1.82, 2.24) is 9.97 Å². The van der Waals surface area contributed by atoms with Gasteiger partial charge in [-0.3, -0.25) is 0 Å². The van der Waals surface area contributed by atoms with E-state index in [0.717, 1.165) is 6.42 Å². The Hall–Kier alpha value is -0.920. The fraction of sp³-hybridized carbons (Fsp3) is 0.600. The molecule has 0 aromatic carbocycles. The molecule has 0 unspecified atom stereocenters. The van der Waals surface area contributed by atoms with E-state index in [9.17, 15) is 0 Å². The molecule has 1 heterocycles. The summed E-state index contributed by atoms with van der Waals surface area (Å²) in [5.74, 6) is 0.647. The van der Waals surface area contributed by atoms with Crippen molar-refractivity contribution in [3.63, 3.8) is 0 Å². The van der Waals surface area contributed by atoms with Gasteiger partial charge in [0.25, 0.3) is 0 Å². The van der Waals surface area contributed by atoms with Crippen LogP contribution in [0.4, 0.5) is 5.95 Å². The van der Waals surface area contributed by atoms with E-state index < -0.39 is 0 Å². The molecule has 2 N–H and O–H groups in total. The first-order valence-electron chi connectivity index (χ1n) is 5.21. The molecule has 1 aromatic heterocycles. The molecule has 0 amide bonds. The van der Waals surface area contributed by atoms with E-state index in [1.807, 2.05) is 0 Å². The number of nitrogens with zero attached hydrogens (tertiary/aromatic N) is 2. The van der Waals surface area contributed by atoms with Gasteiger partial charge in [-0.15, -0.1) is 0 Å². The van der Waals surface area contributed by atoms with Crippen LogP contribution in [0.25, 0.3) is 0 Å². The van der Waals surface area contributed by atoms with Crippen LogP contribution in [0.15, 0.2) is 10.7 Å². The lowest BCUT2D eigenvalue weighted by Gasteiger charge is -2.07. The highest BCUT2D eigenvalue weighted by Crippen LogP contribution is 2.21. The molecule has 1 rings (SSSR count). The molecule has 7 heteroatoms. The molecule has 0 spiro atoms. The van der Waals surface area contributed by atoms with Gasteiger partial charge in [0.15, 0.2) is 0 Å². The van der Waals surface area contributed by atoms with Crippen LogP contribution < -0.4 is 10.5 Å². The summed E-state index contributed by atoms with van der Waals surface area (Å²) in [7, 11) is 1.64. The highest BCUT2D eigenvalue weighted by molar-refractivity contribution is 9.10. The number of nitrogens with two attached hydrogens (primary N) is 1. The zero-order valence-electron chi connectivity index (χ0n) is 9.69. The zero-order chi connectivity index (χ0) is 12.5. The van der Waals surface area contributed by atoms with Crippen LogP contribution in [0.3, 0.4) is 0 Å². The lowest BCUT2D eigenvalue weighted by atomic mass is 10.5. The van der Waals surface area contributed by atoms with E-state index in [2.05, 4.69) is 25.9 Å². The standard InChI is InChI=1S/C10H16BrN3O3/c1-15-5-6-16-3-2-4-17-9-8(11)7-13-10(12)14-9/h7H,2-6H2,1H3,(H2,12,13,14). The Morgan fingerprint density at radius 1 is 1.29 bits per heavy atom. The number of ether oxygens (including phenoxy) is 3. The Labute approximate surface area is 109 Å². The van der Waals surface area contributed by atoms with Gasteiger partial charge in [0.1, 0.15) is 0 Å². The number of rotatable bonds is 8. The highest BCUT2D eigenvalue weighted by atomic mass is 79.9. The van der Waals surface area contributed by atoms with Crippen LogP contribution in [0.1, 0.15) is 6.42 Å². The van der Waals surface area contributed by atoms with E-state index >= 15 is 0 Å². The summed E-state index contributed by atoms with van der Waals surface area (Å²) >= 11 is 3.28. The molecular weight excluding hydrogens is 290 g/mol. The first kappa shape index (κ1) is 14.1. The molecule has 0 aliphatic rings. The van der Waals surface area contributed by atoms with E-state index in [0.29, 0.717) is 36.8 Å². The van der Waals surface area contributed by atoms with Crippen LogP contribution in [0.5, 0.6) is 5.88 Å². The van der Waals surface area contributed by atoms with Gasteiger partial charge in [-0.25, -0.2) is 4.98 Å². The zero-order valence-corrected chi connectivity index (χ0v) is 11.3. The Morgan fingerprint density at radius 3 is 2.88 bits per heavy atom. The molecular formula is C10H16BrN3O3. The normalized spacial score (nSPS) is 10.5. The van der Waals surface area contributed by atoms with Gasteiger partial charge in [0.2, 0.25) is 11.8 Å². The maximum atomic E-state index is 5.45. The molecule has 0 aliphatic carbocycles. The second-order valence-electron chi connectivity index (χ2n) is 3.19. The van der Waals surface area contributed by atoms with Crippen LogP contribution in [-0.2, 0) is 9.47 Å². The Balaban J connectivity index is 2.15. The fourth-order valence-electron chi connectivity index (χ4n) is 1.04. The van der Waals surface area contributed by atoms with Gasteiger partial charge in [0, 0.05) is 20.1 Å². The monoisotopic (exact) mass is 305 g/mol. The second-order valence-corrected chi connectivity index (χ2v) is 4.04. The third kappa shape index (κ3) is 5.81. The molecule has 0 radical (unpaired) electrons. The van der Waals surface area contributed by atoms with Crippen molar-refractivity contribution >= 4 is 21.9 Å².